The van der Waals surface area contributed by atoms with Crippen molar-refractivity contribution in [2.24, 2.45) is 0 Å². The van der Waals surface area contributed by atoms with Crippen molar-refractivity contribution >= 4 is 5.91 Å². The summed E-state index contributed by atoms with van der Waals surface area (Å²) < 4.78 is 7.94. The largest absolute Gasteiger partial charge is 0.370 e. The predicted molar refractivity (Wildman–Crippen MR) is 95.2 cm³/mol. The third-order valence-corrected chi connectivity index (χ3v) is 4.54. The fourth-order valence-corrected chi connectivity index (χ4v) is 3.23. The molecule has 1 amide bonds. The van der Waals surface area contributed by atoms with E-state index in [2.05, 4.69) is 28.4 Å². The number of aromatic nitrogens is 3. The minimum Gasteiger partial charge on any atom is -0.370 e. The Hall–Kier alpha value is -2.21. The predicted octanol–water partition coefficient (Wildman–Crippen LogP) is 2.70. The van der Waals surface area contributed by atoms with Gasteiger partial charge in [-0.05, 0) is 24.6 Å². The molecule has 0 N–H and O–H groups in total. The van der Waals surface area contributed by atoms with E-state index in [1.165, 1.54) is 0 Å². The number of hydrogen-bond acceptors (Lipinski definition) is 4. The van der Waals surface area contributed by atoms with Gasteiger partial charge in [-0.25, -0.2) is 4.98 Å². The number of hydrogen-bond donors (Lipinski definition) is 0. The van der Waals surface area contributed by atoms with E-state index in [0.717, 1.165) is 17.1 Å². The van der Waals surface area contributed by atoms with Gasteiger partial charge in [-0.1, -0.05) is 13.8 Å². The van der Waals surface area contributed by atoms with E-state index in [4.69, 9.17) is 4.74 Å². The lowest BCUT2D eigenvalue weighted by molar-refractivity contribution is -0.139. The van der Waals surface area contributed by atoms with Crippen LogP contribution < -0.4 is 0 Å². The van der Waals surface area contributed by atoms with E-state index in [0.29, 0.717) is 38.6 Å². The molecule has 1 aliphatic rings. The second-order valence-corrected chi connectivity index (χ2v) is 6.81. The standard InChI is InChI=1S/C19H26N4O2/c1-14(2)19-21-7-9-22(19)8-5-18(24)23-10-11-25-17(13-23)16-4-6-20-15(3)12-16/h4,6-7,9,12,14,17H,5,8,10-11,13H2,1-3H3/t17-/m0/s1. The molecular formula is C19H26N4O2. The van der Waals surface area contributed by atoms with Gasteiger partial charge in [0.2, 0.25) is 5.91 Å². The molecule has 1 aliphatic heterocycles. The van der Waals surface area contributed by atoms with Crippen LogP contribution >= 0.6 is 0 Å². The summed E-state index contributed by atoms with van der Waals surface area (Å²) >= 11 is 0. The number of carbonyl (C=O) groups is 1. The Morgan fingerprint density at radius 1 is 1.36 bits per heavy atom. The highest BCUT2D eigenvalue weighted by Gasteiger charge is 2.25. The molecule has 6 nitrogen and oxygen atoms in total. The maximum Gasteiger partial charge on any atom is 0.224 e. The van der Waals surface area contributed by atoms with Crippen LogP contribution in [0, 0.1) is 6.92 Å². The highest BCUT2D eigenvalue weighted by atomic mass is 16.5. The molecule has 2 aromatic heterocycles. The lowest BCUT2D eigenvalue weighted by Crippen LogP contribution is -2.42. The summed E-state index contributed by atoms with van der Waals surface area (Å²) in [4.78, 5) is 23.2. The number of aryl methyl sites for hydroxylation is 2. The molecule has 0 aromatic carbocycles. The average Bonchev–Trinajstić information content (AvgIpc) is 3.09. The maximum absolute atomic E-state index is 12.6. The van der Waals surface area contributed by atoms with Crippen LogP contribution in [0.1, 0.15) is 49.4 Å². The molecular weight excluding hydrogens is 316 g/mol. The minimum atomic E-state index is -0.0705. The van der Waals surface area contributed by atoms with E-state index in [-0.39, 0.29) is 12.0 Å². The van der Waals surface area contributed by atoms with Crippen molar-refractivity contribution in [2.45, 2.75) is 45.8 Å². The normalized spacial score (nSPS) is 17.9. The first-order valence-electron chi connectivity index (χ1n) is 8.87. The Labute approximate surface area is 148 Å². The number of ether oxygens (including phenoxy) is 1. The van der Waals surface area contributed by atoms with Crippen molar-refractivity contribution in [1.29, 1.82) is 0 Å². The molecule has 2 aromatic rings. The van der Waals surface area contributed by atoms with E-state index in [1.807, 2.05) is 30.2 Å². The Balaban J connectivity index is 1.59. The van der Waals surface area contributed by atoms with Crippen LogP contribution in [-0.2, 0) is 16.1 Å². The van der Waals surface area contributed by atoms with Gasteiger partial charge in [-0.15, -0.1) is 0 Å². The van der Waals surface area contributed by atoms with Gasteiger partial charge in [0, 0.05) is 49.7 Å². The number of morpholine rings is 1. The fourth-order valence-electron chi connectivity index (χ4n) is 3.23. The number of amides is 1. The van der Waals surface area contributed by atoms with Crippen LogP contribution in [0.3, 0.4) is 0 Å². The molecule has 3 heterocycles. The van der Waals surface area contributed by atoms with Gasteiger partial charge in [0.25, 0.3) is 0 Å². The molecule has 25 heavy (non-hydrogen) atoms. The molecule has 3 rings (SSSR count). The number of pyridine rings is 1. The smallest absolute Gasteiger partial charge is 0.224 e. The summed E-state index contributed by atoms with van der Waals surface area (Å²) in [5, 5.41) is 0. The average molecular weight is 342 g/mol. The Kier molecular flexibility index (Phi) is 5.48. The van der Waals surface area contributed by atoms with Gasteiger partial charge in [-0.3, -0.25) is 9.78 Å². The second-order valence-electron chi connectivity index (χ2n) is 6.81. The second kappa shape index (κ2) is 7.78. The van der Waals surface area contributed by atoms with Crippen LogP contribution in [0.2, 0.25) is 0 Å². The molecule has 0 unspecified atom stereocenters. The van der Waals surface area contributed by atoms with Crippen LogP contribution in [-0.4, -0.2) is 45.0 Å². The van der Waals surface area contributed by atoms with Crippen LogP contribution in [0.15, 0.2) is 30.7 Å². The molecule has 0 bridgehead atoms. The first-order chi connectivity index (χ1) is 12.0. The van der Waals surface area contributed by atoms with E-state index in [1.54, 1.807) is 12.4 Å². The van der Waals surface area contributed by atoms with Gasteiger partial charge in [0.05, 0.1) is 13.2 Å². The summed E-state index contributed by atoms with van der Waals surface area (Å²) in [5.74, 6) is 1.55. The molecule has 0 saturated carbocycles. The van der Waals surface area contributed by atoms with Gasteiger partial charge in [-0.2, -0.15) is 0 Å². The molecule has 0 spiro atoms. The lowest BCUT2D eigenvalue weighted by atomic mass is 10.1. The topological polar surface area (TPSA) is 60.2 Å². The zero-order valence-corrected chi connectivity index (χ0v) is 15.2. The van der Waals surface area contributed by atoms with Gasteiger partial charge in [0.15, 0.2) is 0 Å². The van der Waals surface area contributed by atoms with Crippen molar-refractivity contribution < 1.29 is 9.53 Å². The van der Waals surface area contributed by atoms with Crippen LogP contribution in [0.4, 0.5) is 0 Å². The van der Waals surface area contributed by atoms with Crippen molar-refractivity contribution in [2.75, 3.05) is 19.7 Å². The Morgan fingerprint density at radius 2 is 2.20 bits per heavy atom. The number of rotatable bonds is 5. The molecule has 1 atom stereocenters. The SMILES string of the molecule is Cc1cc([C@@H]2CN(C(=O)CCn3ccnc3C(C)C)CCO2)ccn1. The van der Waals surface area contributed by atoms with Crippen LogP contribution in [0.25, 0.3) is 0 Å². The zero-order valence-electron chi connectivity index (χ0n) is 15.2. The molecule has 0 aliphatic carbocycles. The van der Waals surface area contributed by atoms with E-state index in [9.17, 15) is 4.79 Å². The van der Waals surface area contributed by atoms with Crippen molar-refractivity contribution in [1.82, 2.24) is 19.4 Å². The highest BCUT2D eigenvalue weighted by Crippen LogP contribution is 2.23. The van der Waals surface area contributed by atoms with Gasteiger partial charge < -0.3 is 14.2 Å². The number of nitrogens with zero attached hydrogens (tertiary/aromatic N) is 4. The molecule has 6 heteroatoms. The monoisotopic (exact) mass is 342 g/mol. The quantitative estimate of drug-likeness (QED) is 0.838. The third-order valence-electron chi connectivity index (χ3n) is 4.54. The summed E-state index contributed by atoms with van der Waals surface area (Å²) in [5.41, 5.74) is 2.05. The third kappa shape index (κ3) is 4.25. The van der Waals surface area contributed by atoms with Crippen molar-refractivity contribution in [3.05, 3.63) is 47.8 Å². The lowest BCUT2D eigenvalue weighted by Gasteiger charge is -2.33. The van der Waals surface area contributed by atoms with Crippen LogP contribution in [0.5, 0.6) is 0 Å². The molecule has 1 saturated heterocycles. The Bertz CT molecular complexity index is 726. The number of imidazole rings is 1. The first kappa shape index (κ1) is 17.6. The number of carbonyl (C=O) groups excluding carboxylic acids is 1. The molecule has 134 valence electrons. The summed E-state index contributed by atoms with van der Waals surface area (Å²) in [6.45, 7) is 8.69. The van der Waals surface area contributed by atoms with Gasteiger partial charge in [0.1, 0.15) is 11.9 Å². The Morgan fingerprint density at radius 3 is 2.96 bits per heavy atom. The molecule has 0 radical (unpaired) electrons. The summed E-state index contributed by atoms with van der Waals surface area (Å²) in [6.07, 6.45) is 5.96. The van der Waals surface area contributed by atoms with Crippen molar-refractivity contribution in [3.8, 4) is 0 Å². The van der Waals surface area contributed by atoms with Crippen molar-refractivity contribution in [3.63, 3.8) is 0 Å². The maximum atomic E-state index is 12.6. The summed E-state index contributed by atoms with van der Waals surface area (Å²) in [6, 6.07) is 3.99. The zero-order chi connectivity index (χ0) is 17.8. The fraction of sp³-hybridized carbons (Fsp3) is 0.526. The first-order valence-corrected chi connectivity index (χ1v) is 8.87. The van der Waals surface area contributed by atoms with E-state index >= 15 is 0 Å². The highest BCUT2D eigenvalue weighted by molar-refractivity contribution is 5.76. The van der Waals surface area contributed by atoms with Gasteiger partial charge >= 0.3 is 0 Å². The summed E-state index contributed by atoms with van der Waals surface area (Å²) in [7, 11) is 0. The minimum absolute atomic E-state index is 0.0705. The molecule has 1 fully saturated rings. The van der Waals surface area contributed by atoms with E-state index < -0.39 is 0 Å².